The zero-order valence-corrected chi connectivity index (χ0v) is 26.4. The molecule has 0 unspecified atom stereocenters. The van der Waals surface area contributed by atoms with Crippen LogP contribution in [0.3, 0.4) is 0 Å². The zero-order chi connectivity index (χ0) is 29.1. The van der Waals surface area contributed by atoms with E-state index in [9.17, 15) is 0 Å². The highest BCUT2D eigenvalue weighted by Crippen LogP contribution is 2.49. The molecule has 2 heteroatoms. The molecule has 208 valence electrons. The van der Waals surface area contributed by atoms with Crippen LogP contribution in [-0.4, -0.2) is 6.71 Å². The molecule has 4 aromatic rings. The van der Waals surface area contributed by atoms with Gasteiger partial charge in [0, 0.05) is 22.5 Å². The molecule has 2 heterocycles. The fraction of sp³-hybridized carbons (Fsp3) is 0.385. The van der Waals surface area contributed by atoms with Crippen LogP contribution in [0.5, 0.6) is 0 Å². The van der Waals surface area contributed by atoms with Crippen molar-refractivity contribution in [3.63, 3.8) is 0 Å². The van der Waals surface area contributed by atoms with Gasteiger partial charge >= 0.3 is 0 Å². The van der Waals surface area contributed by atoms with E-state index in [1.54, 1.807) is 5.56 Å². The first kappa shape index (κ1) is 26.6. The lowest BCUT2D eigenvalue weighted by Crippen LogP contribution is -2.64. The Kier molecular flexibility index (Phi) is 5.46. The third-order valence-electron chi connectivity index (χ3n) is 10.8. The van der Waals surface area contributed by atoms with Crippen molar-refractivity contribution in [2.75, 3.05) is 4.90 Å². The van der Waals surface area contributed by atoms with Crippen LogP contribution in [0.2, 0.25) is 0 Å². The van der Waals surface area contributed by atoms with Crippen molar-refractivity contribution in [3.8, 4) is 0 Å². The standard InChI is InChI=1S/C39H44BN/c1-36(2,3)25-17-19-26(20-18-25)41-33-16-12-14-28-35(33)40(31-15-11-10-13-27(31)39(28,8)9)32-23-29-30(24-34(32)41)38(6,7)22-21-37(29,4)5/h10-20,23-24H,21-22H2,1-9H3. The highest BCUT2D eigenvalue weighted by atomic mass is 15.2. The Hall–Kier alpha value is -3.26. The Morgan fingerprint density at radius 1 is 0.610 bits per heavy atom. The Morgan fingerprint density at radius 2 is 1.22 bits per heavy atom. The SMILES string of the molecule is CC(C)(C)c1ccc(N2c3cc4c(cc3B3c5ccccc5C(C)(C)c5cccc2c53)C(C)(C)CCC4(C)C)cc1. The van der Waals surface area contributed by atoms with Crippen LogP contribution in [0, 0.1) is 0 Å². The molecule has 0 aromatic heterocycles. The minimum atomic E-state index is -0.0623. The molecule has 2 aliphatic heterocycles. The van der Waals surface area contributed by atoms with Crippen LogP contribution in [0.1, 0.15) is 103 Å². The van der Waals surface area contributed by atoms with E-state index in [0.29, 0.717) is 0 Å². The summed E-state index contributed by atoms with van der Waals surface area (Å²) in [5, 5.41) is 0. The average molecular weight is 538 g/mol. The van der Waals surface area contributed by atoms with E-state index in [-0.39, 0.29) is 28.4 Å². The van der Waals surface area contributed by atoms with Gasteiger partial charge in [0.25, 0.3) is 0 Å². The smallest absolute Gasteiger partial charge is 0.247 e. The second-order valence-corrected chi connectivity index (χ2v) is 15.7. The first-order chi connectivity index (χ1) is 19.2. The van der Waals surface area contributed by atoms with Crippen LogP contribution < -0.4 is 21.3 Å². The van der Waals surface area contributed by atoms with Gasteiger partial charge in [-0.15, -0.1) is 0 Å². The van der Waals surface area contributed by atoms with Crippen LogP contribution in [0.4, 0.5) is 17.1 Å². The van der Waals surface area contributed by atoms with E-state index in [2.05, 4.69) is 146 Å². The van der Waals surface area contributed by atoms with E-state index in [4.69, 9.17) is 0 Å². The van der Waals surface area contributed by atoms with Crippen molar-refractivity contribution in [2.45, 2.75) is 96.8 Å². The van der Waals surface area contributed by atoms with Crippen molar-refractivity contribution in [3.05, 3.63) is 107 Å². The monoisotopic (exact) mass is 537 g/mol. The molecule has 0 radical (unpaired) electrons. The third-order valence-corrected chi connectivity index (χ3v) is 10.8. The molecule has 0 saturated carbocycles. The van der Waals surface area contributed by atoms with E-state index in [0.717, 1.165) is 0 Å². The fourth-order valence-corrected chi connectivity index (χ4v) is 8.10. The lowest BCUT2D eigenvalue weighted by Gasteiger charge is -2.48. The third kappa shape index (κ3) is 3.75. The van der Waals surface area contributed by atoms with Crippen LogP contribution in [0.25, 0.3) is 0 Å². The molecule has 1 aliphatic carbocycles. The number of nitrogens with zero attached hydrogens (tertiary/aromatic N) is 1. The number of fused-ring (bicyclic) bond motifs is 5. The first-order valence-electron chi connectivity index (χ1n) is 15.5. The summed E-state index contributed by atoms with van der Waals surface area (Å²) in [5.74, 6) is 0. The average Bonchev–Trinajstić information content (AvgIpc) is 2.92. The molecule has 7 rings (SSSR count). The molecule has 0 atom stereocenters. The summed E-state index contributed by atoms with van der Waals surface area (Å²) in [4.78, 5) is 2.58. The highest BCUT2D eigenvalue weighted by Gasteiger charge is 2.47. The molecule has 4 aromatic carbocycles. The number of rotatable bonds is 1. The van der Waals surface area contributed by atoms with Crippen LogP contribution in [-0.2, 0) is 21.7 Å². The molecule has 0 bridgehead atoms. The van der Waals surface area contributed by atoms with Crippen molar-refractivity contribution in [2.24, 2.45) is 0 Å². The lowest BCUT2D eigenvalue weighted by atomic mass is 9.30. The molecule has 0 N–H and O–H groups in total. The summed E-state index contributed by atoms with van der Waals surface area (Å²) < 4.78 is 0. The molecule has 0 amide bonds. The molecular weight excluding hydrogens is 493 g/mol. The van der Waals surface area contributed by atoms with Gasteiger partial charge in [-0.1, -0.05) is 122 Å². The Morgan fingerprint density at radius 3 is 1.88 bits per heavy atom. The Bertz CT molecular complexity index is 1700. The molecule has 0 fully saturated rings. The maximum absolute atomic E-state index is 2.63. The minimum absolute atomic E-state index is 0.0623. The zero-order valence-electron chi connectivity index (χ0n) is 26.4. The van der Waals surface area contributed by atoms with Gasteiger partial charge in [-0.05, 0) is 92.1 Å². The van der Waals surface area contributed by atoms with E-state index < -0.39 is 0 Å². The Labute approximate surface area is 248 Å². The summed E-state index contributed by atoms with van der Waals surface area (Å²) >= 11 is 0. The predicted molar refractivity (Wildman–Crippen MR) is 178 cm³/mol. The predicted octanol–water partition coefficient (Wildman–Crippen LogP) is 8.27. The largest absolute Gasteiger partial charge is 0.312 e. The topological polar surface area (TPSA) is 3.24 Å². The number of hydrogen-bond donors (Lipinski definition) is 0. The van der Waals surface area contributed by atoms with Gasteiger partial charge in [0.1, 0.15) is 0 Å². The minimum Gasteiger partial charge on any atom is -0.312 e. The van der Waals surface area contributed by atoms with Crippen molar-refractivity contribution >= 4 is 40.2 Å². The molecule has 0 saturated heterocycles. The maximum atomic E-state index is 2.63. The van der Waals surface area contributed by atoms with Gasteiger partial charge in [-0.2, -0.15) is 0 Å². The van der Waals surface area contributed by atoms with Crippen LogP contribution in [0.15, 0.2) is 78.9 Å². The van der Waals surface area contributed by atoms with Gasteiger partial charge in [0.15, 0.2) is 0 Å². The van der Waals surface area contributed by atoms with Gasteiger partial charge in [-0.25, -0.2) is 0 Å². The van der Waals surface area contributed by atoms with E-state index in [1.165, 1.54) is 68.5 Å². The summed E-state index contributed by atoms with van der Waals surface area (Å²) in [6.45, 7) is 21.8. The molecule has 1 nitrogen and oxygen atoms in total. The quantitative estimate of drug-likeness (QED) is 0.195. The van der Waals surface area contributed by atoms with E-state index >= 15 is 0 Å². The summed E-state index contributed by atoms with van der Waals surface area (Å²) in [7, 11) is 0. The summed E-state index contributed by atoms with van der Waals surface area (Å²) in [5.41, 5.74) is 16.0. The second kappa shape index (κ2) is 8.40. The lowest BCUT2D eigenvalue weighted by molar-refractivity contribution is 0.332. The summed E-state index contributed by atoms with van der Waals surface area (Å²) in [6, 6.07) is 30.8. The second-order valence-electron chi connectivity index (χ2n) is 15.7. The number of anilines is 3. The van der Waals surface area contributed by atoms with E-state index in [1.807, 2.05) is 0 Å². The van der Waals surface area contributed by atoms with Crippen LogP contribution >= 0.6 is 0 Å². The van der Waals surface area contributed by atoms with Crippen molar-refractivity contribution in [1.82, 2.24) is 0 Å². The van der Waals surface area contributed by atoms with Gasteiger partial charge < -0.3 is 4.90 Å². The first-order valence-corrected chi connectivity index (χ1v) is 15.5. The highest BCUT2D eigenvalue weighted by molar-refractivity contribution is 6.99. The van der Waals surface area contributed by atoms with Crippen molar-refractivity contribution < 1.29 is 0 Å². The van der Waals surface area contributed by atoms with Gasteiger partial charge in [0.2, 0.25) is 6.71 Å². The van der Waals surface area contributed by atoms with Gasteiger partial charge in [0.05, 0.1) is 0 Å². The Balaban J connectivity index is 1.58. The number of benzene rings is 4. The van der Waals surface area contributed by atoms with Crippen molar-refractivity contribution in [1.29, 1.82) is 0 Å². The maximum Gasteiger partial charge on any atom is 0.247 e. The fourth-order valence-electron chi connectivity index (χ4n) is 8.10. The normalized spacial score (nSPS) is 19.1. The molecule has 3 aliphatic rings. The number of hydrogen-bond acceptors (Lipinski definition) is 1. The molecule has 0 spiro atoms. The van der Waals surface area contributed by atoms with Gasteiger partial charge in [-0.3, -0.25) is 0 Å². The molecule has 41 heavy (non-hydrogen) atoms. The summed E-state index contributed by atoms with van der Waals surface area (Å²) in [6.07, 6.45) is 2.44. The molecular formula is C39H44BN.